The van der Waals surface area contributed by atoms with Gasteiger partial charge in [-0.15, -0.1) is 0 Å². The molecule has 0 aromatic rings. The van der Waals surface area contributed by atoms with E-state index in [0.29, 0.717) is 18.5 Å². The smallest absolute Gasteiger partial charge is 0.358 e. The fraction of sp³-hybridized carbons (Fsp3) is 0.667. The van der Waals surface area contributed by atoms with Gasteiger partial charge >= 0.3 is 5.82 Å². The minimum atomic E-state index is -0.478. The van der Waals surface area contributed by atoms with Gasteiger partial charge in [0.25, 0.3) is 0 Å². The quantitative estimate of drug-likeness (QED) is 0.563. The van der Waals surface area contributed by atoms with Crippen molar-refractivity contribution in [3.05, 3.63) is 21.5 Å². The molecule has 0 fully saturated rings. The first-order valence-corrected chi connectivity index (χ1v) is 6.03. The highest BCUT2D eigenvalue weighted by atomic mass is 16.6. The fourth-order valence-corrected chi connectivity index (χ4v) is 1.84. The summed E-state index contributed by atoms with van der Waals surface area (Å²) < 4.78 is 0. The maximum absolute atomic E-state index is 11.1. The molecular weight excluding hydrogens is 232 g/mol. The SMILES string of the molecule is CCN(C)CC1=C([N+](=O)[O-])N=C(C#N)C(C)CC1. The number of aliphatic imine (C=N–C) groups is 1. The molecule has 18 heavy (non-hydrogen) atoms. The Bertz CT molecular complexity index is 434. The molecule has 6 nitrogen and oxygen atoms in total. The number of hydrogen-bond acceptors (Lipinski definition) is 5. The number of nitrogens with zero attached hydrogens (tertiary/aromatic N) is 4. The fourth-order valence-electron chi connectivity index (χ4n) is 1.84. The molecule has 1 heterocycles. The number of hydrogen-bond donors (Lipinski definition) is 0. The van der Waals surface area contributed by atoms with E-state index in [2.05, 4.69) is 4.99 Å². The van der Waals surface area contributed by atoms with Gasteiger partial charge in [0.1, 0.15) is 6.07 Å². The van der Waals surface area contributed by atoms with E-state index >= 15 is 0 Å². The van der Waals surface area contributed by atoms with Crippen molar-refractivity contribution >= 4 is 5.71 Å². The van der Waals surface area contributed by atoms with Crippen LogP contribution in [0.15, 0.2) is 16.4 Å². The summed E-state index contributed by atoms with van der Waals surface area (Å²) in [6, 6.07) is 1.96. The third kappa shape index (κ3) is 3.37. The normalized spacial score (nSPS) is 20.4. The van der Waals surface area contributed by atoms with Crippen LogP contribution in [0.5, 0.6) is 0 Å². The van der Waals surface area contributed by atoms with Crippen LogP contribution < -0.4 is 0 Å². The molecule has 0 spiro atoms. The highest BCUT2D eigenvalue weighted by molar-refractivity contribution is 6.00. The molecule has 0 aliphatic carbocycles. The van der Waals surface area contributed by atoms with Crippen molar-refractivity contribution in [2.24, 2.45) is 10.9 Å². The summed E-state index contributed by atoms with van der Waals surface area (Å²) >= 11 is 0. The maximum Gasteiger partial charge on any atom is 0.364 e. The minimum Gasteiger partial charge on any atom is -0.358 e. The molecule has 98 valence electrons. The van der Waals surface area contributed by atoms with E-state index in [-0.39, 0.29) is 17.5 Å². The zero-order valence-corrected chi connectivity index (χ0v) is 11.0. The van der Waals surface area contributed by atoms with E-state index in [4.69, 9.17) is 5.26 Å². The molecule has 1 aliphatic rings. The van der Waals surface area contributed by atoms with E-state index in [1.54, 1.807) is 0 Å². The number of nitriles is 1. The lowest BCUT2D eigenvalue weighted by Crippen LogP contribution is -2.22. The Hall–Kier alpha value is -1.74. The molecule has 0 saturated heterocycles. The summed E-state index contributed by atoms with van der Waals surface area (Å²) in [5.41, 5.74) is 0.970. The molecule has 0 aromatic heterocycles. The van der Waals surface area contributed by atoms with Crippen LogP contribution in [0, 0.1) is 27.4 Å². The molecule has 0 N–H and O–H groups in total. The van der Waals surface area contributed by atoms with Gasteiger partial charge in [0.05, 0.1) is 0 Å². The second-order valence-corrected chi connectivity index (χ2v) is 4.56. The predicted molar refractivity (Wildman–Crippen MR) is 68.6 cm³/mol. The van der Waals surface area contributed by atoms with Crippen molar-refractivity contribution < 1.29 is 4.92 Å². The van der Waals surface area contributed by atoms with Crippen molar-refractivity contribution in [2.45, 2.75) is 26.7 Å². The van der Waals surface area contributed by atoms with E-state index in [1.807, 2.05) is 31.9 Å². The van der Waals surface area contributed by atoms with Crippen LogP contribution in [0.2, 0.25) is 0 Å². The van der Waals surface area contributed by atoms with Crippen molar-refractivity contribution in [1.29, 1.82) is 5.26 Å². The summed E-state index contributed by atoms with van der Waals surface area (Å²) in [5.74, 6) is -0.161. The average Bonchev–Trinajstić information content (AvgIpc) is 2.49. The van der Waals surface area contributed by atoms with E-state index < -0.39 is 4.92 Å². The van der Waals surface area contributed by atoms with Crippen molar-refractivity contribution in [3.8, 4) is 6.07 Å². The van der Waals surface area contributed by atoms with E-state index in [9.17, 15) is 10.1 Å². The summed E-state index contributed by atoms with van der Waals surface area (Å²) in [5, 5.41) is 20.0. The molecule has 1 aliphatic heterocycles. The topological polar surface area (TPSA) is 82.5 Å². The Kier molecular flexibility index (Phi) is 4.98. The van der Waals surface area contributed by atoms with Crippen LogP contribution in [-0.2, 0) is 0 Å². The lowest BCUT2D eigenvalue weighted by molar-refractivity contribution is -0.427. The Morgan fingerprint density at radius 1 is 1.67 bits per heavy atom. The highest BCUT2D eigenvalue weighted by Crippen LogP contribution is 2.23. The van der Waals surface area contributed by atoms with Crippen LogP contribution >= 0.6 is 0 Å². The van der Waals surface area contributed by atoms with Crippen molar-refractivity contribution in [2.75, 3.05) is 20.1 Å². The Morgan fingerprint density at radius 2 is 2.33 bits per heavy atom. The van der Waals surface area contributed by atoms with Gasteiger partial charge in [0.2, 0.25) is 5.71 Å². The molecule has 0 amide bonds. The van der Waals surface area contributed by atoms with Gasteiger partial charge < -0.3 is 15.0 Å². The third-order valence-corrected chi connectivity index (χ3v) is 3.18. The van der Waals surface area contributed by atoms with Gasteiger partial charge in [-0.25, -0.2) is 0 Å². The zero-order valence-electron chi connectivity index (χ0n) is 11.0. The molecule has 1 atom stereocenters. The summed E-state index contributed by atoms with van der Waals surface area (Å²) in [6.07, 6.45) is 1.35. The zero-order chi connectivity index (χ0) is 13.7. The monoisotopic (exact) mass is 250 g/mol. The van der Waals surface area contributed by atoms with E-state index in [1.165, 1.54) is 0 Å². The van der Waals surface area contributed by atoms with E-state index in [0.717, 1.165) is 13.0 Å². The van der Waals surface area contributed by atoms with Crippen LogP contribution in [0.1, 0.15) is 26.7 Å². The maximum atomic E-state index is 11.1. The largest absolute Gasteiger partial charge is 0.364 e. The number of rotatable bonds is 4. The molecular formula is C12H18N4O2. The molecule has 0 radical (unpaired) electrons. The Labute approximate surface area is 107 Å². The average molecular weight is 250 g/mol. The van der Waals surface area contributed by atoms with Crippen LogP contribution in [0.4, 0.5) is 0 Å². The van der Waals surface area contributed by atoms with Crippen LogP contribution in [0.25, 0.3) is 0 Å². The Morgan fingerprint density at radius 3 is 2.83 bits per heavy atom. The Balaban J connectivity index is 3.13. The standard InChI is InChI=1S/C12H18N4O2/c1-4-15(3)8-10-6-5-9(2)11(7-13)14-12(10)16(17)18/h9H,4-6,8H2,1-3H3. The first-order chi connectivity index (χ1) is 8.49. The third-order valence-electron chi connectivity index (χ3n) is 3.18. The lowest BCUT2D eigenvalue weighted by Gasteiger charge is -2.15. The van der Waals surface area contributed by atoms with Gasteiger partial charge in [-0.2, -0.15) is 5.26 Å². The van der Waals surface area contributed by atoms with Crippen molar-refractivity contribution in [3.63, 3.8) is 0 Å². The van der Waals surface area contributed by atoms with Crippen LogP contribution in [-0.4, -0.2) is 35.7 Å². The molecule has 0 saturated carbocycles. The second kappa shape index (κ2) is 6.26. The van der Waals surface area contributed by atoms with Gasteiger partial charge in [0.15, 0.2) is 0 Å². The predicted octanol–water partition coefficient (Wildman–Crippen LogP) is 1.82. The summed E-state index contributed by atoms with van der Waals surface area (Å²) in [6.45, 7) is 5.22. The highest BCUT2D eigenvalue weighted by Gasteiger charge is 2.27. The molecule has 0 bridgehead atoms. The number of likely N-dealkylation sites (N-methyl/N-ethyl adjacent to an activating group) is 1. The number of nitro groups is 1. The molecule has 1 rings (SSSR count). The molecule has 6 heteroatoms. The molecule has 0 aromatic carbocycles. The van der Waals surface area contributed by atoms with Gasteiger partial charge in [-0.1, -0.05) is 13.8 Å². The first-order valence-electron chi connectivity index (χ1n) is 6.03. The van der Waals surface area contributed by atoms with Gasteiger partial charge in [0, 0.05) is 18.0 Å². The first kappa shape index (κ1) is 14.3. The summed E-state index contributed by atoms with van der Waals surface area (Å²) in [7, 11) is 1.91. The minimum absolute atomic E-state index is 0.0191. The van der Waals surface area contributed by atoms with Gasteiger partial charge in [-0.3, -0.25) is 0 Å². The van der Waals surface area contributed by atoms with Gasteiger partial charge in [-0.05, 0) is 36.3 Å². The lowest BCUT2D eigenvalue weighted by atomic mass is 9.98. The summed E-state index contributed by atoms with van der Waals surface area (Å²) in [4.78, 5) is 16.5. The molecule has 1 unspecified atom stereocenters. The second-order valence-electron chi connectivity index (χ2n) is 4.56. The van der Waals surface area contributed by atoms with Crippen LogP contribution in [0.3, 0.4) is 0 Å². The van der Waals surface area contributed by atoms with Crippen molar-refractivity contribution in [1.82, 2.24) is 4.90 Å².